The minimum atomic E-state index is -0.217. The Morgan fingerprint density at radius 1 is 1.53 bits per heavy atom. The topological polar surface area (TPSA) is 66.0 Å². The van der Waals surface area contributed by atoms with Crippen LogP contribution in [0.3, 0.4) is 0 Å². The highest BCUT2D eigenvalue weighted by Gasteiger charge is 2.31. The van der Waals surface area contributed by atoms with Gasteiger partial charge in [0.15, 0.2) is 6.04 Å². The molecule has 2 aliphatic heterocycles. The molecule has 2 fully saturated rings. The number of nitrogens with zero attached hydrogens (tertiary/aromatic N) is 1. The summed E-state index contributed by atoms with van der Waals surface area (Å²) in [5.41, 5.74) is 0. The Hall–Kier alpha value is -1.10. The van der Waals surface area contributed by atoms with Crippen molar-refractivity contribution in [2.75, 3.05) is 19.6 Å². The van der Waals surface area contributed by atoms with Crippen LogP contribution in [0.1, 0.15) is 32.6 Å². The number of carbonyl (C=O) groups is 2. The van der Waals surface area contributed by atoms with E-state index in [1.165, 1.54) is 6.42 Å². The predicted molar refractivity (Wildman–Crippen MR) is 63.2 cm³/mol. The Balaban J connectivity index is 1.89. The Bertz CT molecular complexity index is 306. The minimum Gasteiger partial charge on any atom is -0.345 e. The maximum absolute atomic E-state index is 12.1. The van der Waals surface area contributed by atoms with Gasteiger partial charge in [-0.25, -0.2) is 0 Å². The maximum atomic E-state index is 12.1. The molecule has 0 radical (unpaired) electrons. The van der Waals surface area contributed by atoms with Crippen molar-refractivity contribution in [3.05, 3.63) is 0 Å². The zero-order valence-corrected chi connectivity index (χ0v) is 10.4. The molecular formula is C12H22N3O2+. The summed E-state index contributed by atoms with van der Waals surface area (Å²) in [6.45, 7) is 4.54. The van der Waals surface area contributed by atoms with Crippen molar-refractivity contribution in [3.8, 4) is 0 Å². The van der Waals surface area contributed by atoms with Crippen LogP contribution in [0.25, 0.3) is 0 Å². The molecule has 5 heteroatoms. The standard InChI is InChI=1S/C12H21N3O2/c1-9-4-2-3-7-15(9)11(16)8-10-12(17)14-6-5-13-10/h9-10,13H,2-8H2,1H3,(H,14,17)/p+1/t9-,10+/m0/s1. The zero-order chi connectivity index (χ0) is 12.3. The van der Waals surface area contributed by atoms with Crippen LogP contribution in [0.2, 0.25) is 0 Å². The van der Waals surface area contributed by atoms with Crippen LogP contribution in [0.15, 0.2) is 0 Å². The molecular weight excluding hydrogens is 218 g/mol. The van der Waals surface area contributed by atoms with Crippen molar-refractivity contribution in [1.82, 2.24) is 10.2 Å². The monoisotopic (exact) mass is 240 g/mol. The molecule has 2 amide bonds. The quantitative estimate of drug-likeness (QED) is 0.639. The Morgan fingerprint density at radius 2 is 2.35 bits per heavy atom. The first-order valence-corrected chi connectivity index (χ1v) is 6.59. The molecule has 5 nitrogen and oxygen atoms in total. The molecule has 0 aromatic heterocycles. The molecule has 96 valence electrons. The number of piperazine rings is 1. The third-order valence-corrected chi connectivity index (χ3v) is 3.75. The fourth-order valence-electron chi connectivity index (χ4n) is 2.67. The molecule has 3 N–H and O–H groups in total. The lowest BCUT2D eigenvalue weighted by molar-refractivity contribution is -0.678. The van der Waals surface area contributed by atoms with Crippen LogP contribution in [0, 0.1) is 0 Å². The van der Waals surface area contributed by atoms with E-state index in [-0.39, 0.29) is 17.9 Å². The van der Waals surface area contributed by atoms with Gasteiger partial charge in [0.25, 0.3) is 5.91 Å². The molecule has 0 unspecified atom stereocenters. The average Bonchev–Trinajstić information content (AvgIpc) is 2.32. The Labute approximate surface area is 102 Å². The molecule has 2 atom stereocenters. The molecule has 0 bridgehead atoms. The number of quaternary nitrogens is 1. The number of carbonyl (C=O) groups excluding carboxylic acids is 2. The van der Waals surface area contributed by atoms with E-state index < -0.39 is 0 Å². The van der Waals surface area contributed by atoms with Gasteiger partial charge in [-0.2, -0.15) is 0 Å². The summed E-state index contributed by atoms with van der Waals surface area (Å²) in [7, 11) is 0. The van der Waals surface area contributed by atoms with E-state index in [0.29, 0.717) is 19.0 Å². The summed E-state index contributed by atoms with van der Waals surface area (Å²) in [6, 6.07) is 0.119. The summed E-state index contributed by atoms with van der Waals surface area (Å²) >= 11 is 0. The highest BCUT2D eigenvalue weighted by molar-refractivity contribution is 5.87. The van der Waals surface area contributed by atoms with Gasteiger partial charge in [-0.1, -0.05) is 0 Å². The lowest BCUT2D eigenvalue weighted by atomic mass is 10.0. The zero-order valence-electron chi connectivity index (χ0n) is 10.4. The number of hydrogen-bond donors (Lipinski definition) is 2. The van der Waals surface area contributed by atoms with Gasteiger partial charge in [-0.3, -0.25) is 9.59 Å². The molecule has 0 aliphatic carbocycles. The Morgan fingerprint density at radius 3 is 3.06 bits per heavy atom. The third kappa shape index (κ3) is 2.97. The lowest BCUT2D eigenvalue weighted by Gasteiger charge is -2.34. The predicted octanol–water partition coefficient (Wildman–Crippen LogP) is -1.16. The first kappa shape index (κ1) is 12.4. The van der Waals surface area contributed by atoms with Crippen molar-refractivity contribution in [1.29, 1.82) is 0 Å². The smallest absolute Gasteiger partial charge is 0.278 e. The van der Waals surface area contributed by atoms with Crippen LogP contribution >= 0.6 is 0 Å². The SMILES string of the molecule is C[C@H]1CCCCN1C(=O)C[C@H]1[NH2+]CCNC1=O. The van der Waals surface area contributed by atoms with Gasteiger partial charge in [0.05, 0.1) is 19.5 Å². The van der Waals surface area contributed by atoms with E-state index in [2.05, 4.69) is 12.2 Å². The van der Waals surface area contributed by atoms with Crippen LogP contribution in [0.5, 0.6) is 0 Å². The second-order valence-electron chi connectivity index (χ2n) is 5.06. The number of piperidine rings is 1. The molecule has 2 heterocycles. The third-order valence-electron chi connectivity index (χ3n) is 3.75. The van der Waals surface area contributed by atoms with E-state index in [9.17, 15) is 9.59 Å². The summed E-state index contributed by atoms with van der Waals surface area (Å²) in [5.74, 6) is 0.143. The summed E-state index contributed by atoms with van der Waals surface area (Å²) in [6.07, 6.45) is 3.74. The van der Waals surface area contributed by atoms with Gasteiger partial charge in [0.2, 0.25) is 5.91 Å². The normalized spacial score (nSPS) is 29.9. The number of nitrogens with two attached hydrogens (primary N) is 1. The number of rotatable bonds is 2. The maximum Gasteiger partial charge on any atom is 0.278 e. The van der Waals surface area contributed by atoms with Crippen LogP contribution < -0.4 is 10.6 Å². The molecule has 2 aliphatic rings. The first-order valence-electron chi connectivity index (χ1n) is 6.59. The average molecular weight is 240 g/mol. The van der Waals surface area contributed by atoms with Crippen molar-refractivity contribution in [2.24, 2.45) is 0 Å². The number of amides is 2. The molecule has 2 saturated heterocycles. The fraction of sp³-hybridized carbons (Fsp3) is 0.833. The Kier molecular flexibility index (Phi) is 3.99. The van der Waals surface area contributed by atoms with Crippen molar-refractivity contribution in [2.45, 2.75) is 44.7 Å². The number of hydrogen-bond acceptors (Lipinski definition) is 2. The largest absolute Gasteiger partial charge is 0.345 e. The molecule has 17 heavy (non-hydrogen) atoms. The first-order chi connectivity index (χ1) is 8.18. The second kappa shape index (κ2) is 5.49. The van der Waals surface area contributed by atoms with Gasteiger partial charge in [0.1, 0.15) is 0 Å². The van der Waals surface area contributed by atoms with E-state index in [1.807, 2.05) is 10.2 Å². The van der Waals surface area contributed by atoms with E-state index in [0.717, 1.165) is 25.9 Å². The number of nitrogens with one attached hydrogen (secondary N) is 1. The highest BCUT2D eigenvalue weighted by atomic mass is 16.2. The van der Waals surface area contributed by atoms with Crippen molar-refractivity contribution >= 4 is 11.8 Å². The van der Waals surface area contributed by atoms with Gasteiger partial charge < -0.3 is 15.5 Å². The van der Waals surface area contributed by atoms with Crippen molar-refractivity contribution < 1.29 is 14.9 Å². The molecule has 2 rings (SSSR count). The van der Waals surface area contributed by atoms with Gasteiger partial charge in [-0.15, -0.1) is 0 Å². The lowest BCUT2D eigenvalue weighted by Crippen LogP contribution is -2.96. The summed E-state index contributed by atoms with van der Waals surface area (Å²) in [5, 5.41) is 4.79. The number of likely N-dealkylation sites (tertiary alicyclic amines) is 1. The van der Waals surface area contributed by atoms with E-state index in [4.69, 9.17) is 0 Å². The van der Waals surface area contributed by atoms with Gasteiger partial charge >= 0.3 is 0 Å². The van der Waals surface area contributed by atoms with Crippen molar-refractivity contribution in [3.63, 3.8) is 0 Å². The molecule has 0 saturated carbocycles. The van der Waals surface area contributed by atoms with Crippen LogP contribution in [-0.2, 0) is 9.59 Å². The van der Waals surface area contributed by atoms with Crippen LogP contribution in [0.4, 0.5) is 0 Å². The van der Waals surface area contributed by atoms with E-state index >= 15 is 0 Å². The second-order valence-corrected chi connectivity index (χ2v) is 5.06. The minimum absolute atomic E-state index is 0.00858. The van der Waals surface area contributed by atoms with E-state index in [1.54, 1.807) is 0 Å². The molecule has 0 aromatic carbocycles. The summed E-state index contributed by atoms with van der Waals surface area (Å²) < 4.78 is 0. The van der Waals surface area contributed by atoms with Crippen LogP contribution in [-0.4, -0.2) is 48.4 Å². The highest BCUT2D eigenvalue weighted by Crippen LogP contribution is 2.17. The van der Waals surface area contributed by atoms with Gasteiger partial charge in [0, 0.05) is 12.6 Å². The van der Waals surface area contributed by atoms with Gasteiger partial charge in [-0.05, 0) is 26.2 Å². The molecule has 0 aromatic rings. The fourth-order valence-corrected chi connectivity index (χ4v) is 2.67. The molecule has 0 spiro atoms. The summed E-state index contributed by atoms with van der Waals surface area (Å²) in [4.78, 5) is 25.7.